The molecule has 6 aromatic rings. The average molecular weight is 860 g/mol. The maximum Gasteiger partial charge on any atom is 0.254 e. The Labute approximate surface area is 377 Å². The number of unbranched alkanes of at least 4 members (excludes halogenated alkanes) is 2. The van der Waals surface area contributed by atoms with E-state index in [0.29, 0.717) is 49.9 Å². The molecule has 64 heavy (non-hydrogen) atoms. The molecule has 1 N–H and O–H groups in total. The molecule has 4 aromatic carbocycles. The number of nitrogens with zero attached hydrogens (tertiary/aromatic N) is 8. The highest BCUT2D eigenvalue weighted by atomic mass is 16.2. The van der Waals surface area contributed by atoms with Crippen LogP contribution in [0.5, 0.6) is 0 Å². The Morgan fingerprint density at radius 3 is 2.33 bits per heavy atom. The van der Waals surface area contributed by atoms with Gasteiger partial charge in [-0.1, -0.05) is 100 Å². The first kappa shape index (κ1) is 45.4. The number of nitriles is 1. The average Bonchev–Trinajstić information content (AvgIpc) is 4.01. The molecule has 12 heteroatoms. The van der Waals surface area contributed by atoms with Gasteiger partial charge in [-0.15, -0.1) is 0 Å². The minimum absolute atomic E-state index is 0.0139. The Balaban J connectivity index is 0.000000211. The maximum atomic E-state index is 13.6. The van der Waals surface area contributed by atoms with Crippen LogP contribution in [0.3, 0.4) is 0 Å². The quantitative estimate of drug-likeness (QED) is 0.116. The summed E-state index contributed by atoms with van der Waals surface area (Å²) >= 11 is 0. The molecule has 0 bridgehead atoms. The summed E-state index contributed by atoms with van der Waals surface area (Å²) in [6.45, 7) is 12.7. The Bertz CT molecular complexity index is 2540. The zero-order valence-corrected chi connectivity index (χ0v) is 37.7. The largest absolute Gasteiger partial charge is 0.347 e. The predicted molar refractivity (Wildman–Crippen MR) is 252 cm³/mol. The van der Waals surface area contributed by atoms with Gasteiger partial charge in [-0.05, 0) is 78.4 Å². The lowest BCUT2D eigenvalue weighted by atomic mass is 10.0. The summed E-state index contributed by atoms with van der Waals surface area (Å²) in [7, 11) is 0. The molecule has 2 aliphatic rings. The number of aromatic nitrogens is 4. The molecule has 0 spiro atoms. The molecule has 2 aromatic heterocycles. The molecule has 2 aliphatic heterocycles. The second-order valence-electron chi connectivity index (χ2n) is 17.2. The second-order valence-corrected chi connectivity index (χ2v) is 17.2. The van der Waals surface area contributed by atoms with Gasteiger partial charge in [0, 0.05) is 86.4 Å². The van der Waals surface area contributed by atoms with E-state index < -0.39 is 0 Å². The molecule has 332 valence electrons. The van der Waals surface area contributed by atoms with E-state index in [2.05, 4.69) is 65.7 Å². The number of carbonyl (C=O) groups is 3. The van der Waals surface area contributed by atoms with Crippen LogP contribution in [0, 0.1) is 25.2 Å². The fourth-order valence-corrected chi connectivity index (χ4v) is 8.98. The van der Waals surface area contributed by atoms with Crippen molar-refractivity contribution in [3.05, 3.63) is 149 Å². The van der Waals surface area contributed by atoms with Crippen molar-refractivity contribution >= 4 is 34.2 Å². The number of H-pyrrole nitrogens is 1. The van der Waals surface area contributed by atoms with Gasteiger partial charge in [0.2, 0.25) is 11.8 Å². The Morgan fingerprint density at radius 1 is 0.828 bits per heavy atom. The van der Waals surface area contributed by atoms with Gasteiger partial charge in [0.1, 0.15) is 0 Å². The van der Waals surface area contributed by atoms with Crippen molar-refractivity contribution in [2.45, 2.75) is 97.8 Å². The standard InChI is InChI=1S/C32H33N5O2.C20H28N4O/c1-2-3-9-27-22-35(32(39)30-11-6-8-26-7-4-5-10-29(26)30)16-17-37(27)31(38)18-28-20-34-23-36(28)21-25-14-12-24(19-33)13-15-25;1-4-5-8-18-12-24(19-9-6-7-15(2)16(19)3)20(25)13-23(18)11-17-10-21-14-22-17/h4-8,10-15,20,23,27H,2-3,9,16-18,21-22H2,1H3;6-7,9-10,14,18H,4-5,8,11-13H2,1-3H3,(H,21,22)/t27-;18-/m00/s1. The Hall–Kier alpha value is -6.58. The Morgan fingerprint density at radius 2 is 1.58 bits per heavy atom. The van der Waals surface area contributed by atoms with Crippen LogP contribution in [-0.4, -0.2) is 96.7 Å². The van der Waals surface area contributed by atoms with Gasteiger partial charge in [-0.2, -0.15) is 5.26 Å². The van der Waals surface area contributed by atoms with Crippen LogP contribution in [0.1, 0.15) is 96.4 Å². The zero-order chi connectivity index (χ0) is 45.0. The summed E-state index contributed by atoms with van der Waals surface area (Å²) in [6.07, 6.45) is 13.7. The summed E-state index contributed by atoms with van der Waals surface area (Å²) in [5.74, 6) is 0.275. The maximum absolute atomic E-state index is 13.6. The molecule has 0 unspecified atom stereocenters. The number of fused-ring (bicyclic) bond motifs is 1. The number of aryl methyl sites for hydroxylation is 1. The molecule has 0 radical (unpaired) electrons. The van der Waals surface area contributed by atoms with Crippen molar-refractivity contribution in [2.24, 2.45) is 0 Å². The molecule has 4 heterocycles. The summed E-state index contributed by atoms with van der Waals surface area (Å²) in [5, 5.41) is 11.1. The molecule has 0 aliphatic carbocycles. The summed E-state index contributed by atoms with van der Waals surface area (Å²) in [5.41, 5.74) is 7.80. The lowest BCUT2D eigenvalue weighted by Gasteiger charge is -2.42. The van der Waals surface area contributed by atoms with E-state index in [4.69, 9.17) is 5.26 Å². The topological polar surface area (TPSA) is 134 Å². The van der Waals surface area contributed by atoms with Crippen molar-refractivity contribution in [1.29, 1.82) is 5.26 Å². The van der Waals surface area contributed by atoms with Crippen LogP contribution >= 0.6 is 0 Å². The van der Waals surface area contributed by atoms with E-state index in [1.54, 1.807) is 31.0 Å². The van der Waals surface area contributed by atoms with Crippen LogP contribution in [0.15, 0.2) is 110 Å². The highest BCUT2D eigenvalue weighted by Gasteiger charge is 2.35. The molecule has 3 amide bonds. The Kier molecular flexibility index (Phi) is 15.4. The molecule has 2 atom stereocenters. The molecule has 0 saturated carbocycles. The molecule has 2 saturated heterocycles. The third-order valence-electron chi connectivity index (χ3n) is 12.8. The summed E-state index contributed by atoms with van der Waals surface area (Å²) in [6, 6.07) is 30.0. The fraction of sp³-hybridized carbons (Fsp3) is 0.385. The number of benzene rings is 4. The smallest absolute Gasteiger partial charge is 0.254 e. The van der Waals surface area contributed by atoms with Crippen molar-refractivity contribution in [1.82, 2.24) is 34.2 Å². The second kappa shape index (κ2) is 21.7. The van der Waals surface area contributed by atoms with Gasteiger partial charge in [-0.3, -0.25) is 19.3 Å². The summed E-state index contributed by atoms with van der Waals surface area (Å²) in [4.78, 5) is 59.8. The summed E-state index contributed by atoms with van der Waals surface area (Å²) < 4.78 is 1.99. The monoisotopic (exact) mass is 859 g/mol. The van der Waals surface area contributed by atoms with E-state index in [-0.39, 0.29) is 30.2 Å². The molecule has 12 nitrogen and oxygen atoms in total. The lowest BCUT2D eigenvalue weighted by molar-refractivity contribution is -0.135. The first-order chi connectivity index (χ1) is 31.2. The predicted octanol–water partition coefficient (Wildman–Crippen LogP) is 8.48. The van der Waals surface area contributed by atoms with Crippen LogP contribution in [0.2, 0.25) is 0 Å². The number of rotatable bonds is 14. The number of piperazine rings is 2. The third-order valence-corrected chi connectivity index (χ3v) is 12.8. The van der Waals surface area contributed by atoms with Gasteiger partial charge < -0.3 is 24.3 Å². The number of aromatic amines is 1. The van der Waals surface area contributed by atoms with E-state index in [0.717, 1.165) is 72.2 Å². The normalized spacial score (nSPS) is 16.7. The minimum atomic E-state index is -0.0139. The van der Waals surface area contributed by atoms with Crippen molar-refractivity contribution in [2.75, 3.05) is 37.6 Å². The van der Waals surface area contributed by atoms with E-state index in [9.17, 15) is 14.4 Å². The first-order valence-electron chi connectivity index (χ1n) is 22.8. The van der Waals surface area contributed by atoms with Crippen LogP contribution in [0.4, 0.5) is 5.69 Å². The third kappa shape index (κ3) is 11.0. The van der Waals surface area contributed by atoms with Crippen LogP contribution in [-0.2, 0) is 29.1 Å². The van der Waals surface area contributed by atoms with Crippen LogP contribution < -0.4 is 4.90 Å². The van der Waals surface area contributed by atoms with Gasteiger partial charge in [0.15, 0.2) is 0 Å². The zero-order valence-electron chi connectivity index (χ0n) is 37.7. The van der Waals surface area contributed by atoms with Crippen LogP contribution in [0.25, 0.3) is 10.8 Å². The van der Waals surface area contributed by atoms with Crippen molar-refractivity contribution < 1.29 is 14.4 Å². The van der Waals surface area contributed by atoms with Gasteiger partial charge in [-0.25, -0.2) is 9.97 Å². The molecular formula is C52H61N9O3. The SMILES string of the molecule is CCCC[C@H]1CN(C(=O)c2cccc3ccccc23)CCN1C(=O)Cc1cncn1Cc1ccc(C#N)cc1.CCCC[C@H]1CN(c2cccc(C)c2C)C(=O)CN1Cc1cnc[nH]1. The molecule has 2 fully saturated rings. The minimum Gasteiger partial charge on any atom is -0.347 e. The number of amides is 3. The van der Waals surface area contributed by atoms with E-state index in [1.165, 1.54) is 24.0 Å². The molecule has 8 rings (SSSR count). The number of hydrogen-bond acceptors (Lipinski definition) is 7. The number of nitrogens with one attached hydrogen (secondary N) is 1. The number of carbonyl (C=O) groups excluding carboxylic acids is 3. The lowest BCUT2D eigenvalue weighted by Crippen LogP contribution is -2.57. The first-order valence-corrected chi connectivity index (χ1v) is 22.8. The van der Waals surface area contributed by atoms with Crippen molar-refractivity contribution in [3.63, 3.8) is 0 Å². The highest BCUT2D eigenvalue weighted by Crippen LogP contribution is 2.29. The number of anilines is 1. The van der Waals surface area contributed by atoms with Gasteiger partial charge in [0.05, 0.1) is 37.3 Å². The fourth-order valence-electron chi connectivity index (χ4n) is 8.98. The van der Waals surface area contributed by atoms with Gasteiger partial charge >= 0.3 is 0 Å². The van der Waals surface area contributed by atoms with Crippen molar-refractivity contribution in [3.8, 4) is 6.07 Å². The molecular weight excluding hydrogens is 799 g/mol. The number of hydrogen-bond donors (Lipinski definition) is 1. The van der Waals surface area contributed by atoms with E-state index >= 15 is 0 Å². The van der Waals surface area contributed by atoms with Gasteiger partial charge in [0.25, 0.3) is 5.91 Å². The highest BCUT2D eigenvalue weighted by molar-refractivity contribution is 6.07. The van der Waals surface area contributed by atoms with E-state index in [1.807, 2.05) is 86.1 Å². The number of imidazole rings is 2.